The van der Waals surface area contributed by atoms with Gasteiger partial charge in [0.2, 0.25) is 0 Å². The first-order chi connectivity index (χ1) is 19.7. The number of β-amino-alcohol motifs (C(OH)–C–C–N with tert-alkyl or cyclic N) is 1. The van der Waals surface area contributed by atoms with E-state index in [0.29, 0.717) is 34.6 Å². The van der Waals surface area contributed by atoms with Crippen molar-refractivity contribution in [2.24, 2.45) is 0 Å². The van der Waals surface area contributed by atoms with E-state index in [1.807, 2.05) is 99.6 Å². The van der Waals surface area contributed by atoms with E-state index in [2.05, 4.69) is 0 Å². The number of aryl methyl sites for hydroxylation is 2. The molecule has 0 bridgehead atoms. The molecule has 0 aromatic heterocycles. The standard InChI is InChI=1S/C35H33NO5/c1-4-41-29-20-14-26(15-21-29)32(37)30-31(25-8-6-5-7-9-25)36(34(39)33(30)38)22-35(40,27-16-10-23(2)11-17-27)28-18-12-24(3)13-19-28/h5-21,31,37,40H,4,22H2,1-3H3/t31-/m0/s1. The highest BCUT2D eigenvalue weighted by Crippen LogP contribution is 2.42. The third-order valence-electron chi connectivity index (χ3n) is 7.55. The second-order valence-electron chi connectivity index (χ2n) is 10.4. The molecule has 1 heterocycles. The van der Waals surface area contributed by atoms with Crippen molar-refractivity contribution in [1.29, 1.82) is 0 Å². The Hall–Kier alpha value is -4.68. The zero-order valence-corrected chi connectivity index (χ0v) is 23.4. The number of rotatable bonds is 8. The van der Waals surface area contributed by atoms with Gasteiger partial charge in [0.15, 0.2) is 0 Å². The number of benzene rings is 4. The first-order valence-electron chi connectivity index (χ1n) is 13.7. The second-order valence-corrected chi connectivity index (χ2v) is 10.4. The van der Waals surface area contributed by atoms with E-state index >= 15 is 0 Å². The smallest absolute Gasteiger partial charge is 0.295 e. The molecule has 0 saturated carbocycles. The molecule has 5 rings (SSSR count). The maximum absolute atomic E-state index is 13.7. The van der Waals surface area contributed by atoms with Crippen molar-refractivity contribution in [2.45, 2.75) is 32.4 Å². The average Bonchev–Trinajstić information content (AvgIpc) is 3.23. The normalized spacial score (nSPS) is 16.7. The van der Waals surface area contributed by atoms with Crippen LogP contribution in [0.1, 0.15) is 46.3 Å². The van der Waals surface area contributed by atoms with E-state index in [-0.39, 0.29) is 17.9 Å². The fraction of sp³-hybridized carbons (Fsp3) is 0.200. The first-order valence-corrected chi connectivity index (χ1v) is 13.7. The molecule has 0 aliphatic carbocycles. The fourth-order valence-electron chi connectivity index (χ4n) is 5.31. The first kappa shape index (κ1) is 27.9. The number of hydrogen-bond donors (Lipinski definition) is 2. The Kier molecular flexibility index (Phi) is 7.77. The van der Waals surface area contributed by atoms with E-state index in [4.69, 9.17) is 4.74 Å². The summed E-state index contributed by atoms with van der Waals surface area (Å²) in [5, 5.41) is 23.8. The molecule has 0 unspecified atom stereocenters. The van der Waals surface area contributed by atoms with Gasteiger partial charge >= 0.3 is 0 Å². The summed E-state index contributed by atoms with van der Waals surface area (Å²) >= 11 is 0. The number of ketones is 1. The summed E-state index contributed by atoms with van der Waals surface area (Å²) < 4.78 is 5.51. The van der Waals surface area contributed by atoms with Crippen molar-refractivity contribution in [2.75, 3.05) is 13.2 Å². The largest absolute Gasteiger partial charge is 0.507 e. The number of hydrogen-bond acceptors (Lipinski definition) is 5. The lowest BCUT2D eigenvalue weighted by atomic mass is 9.84. The maximum atomic E-state index is 13.7. The van der Waals surface area contributed by atoms with Gasteiger partial charge in [-0.2, -0.15) is 0 Å². The van der Waals surface area contributed by atoms with Gasteiger partial charge < -0.3 is 19.8 Å². The molecule has 0 radical (unpaired) electrons. The topological polar surface area (TPSA) is 87.1 Å². The molecule has 1 aliphatic rings. The van der Waals surface area contributed by atoms with Crippen LogP contribution in [0.2, 0.25) is 0 Å². The highest BCUT2D eigenvalue weighted by molar-refractivity contribution is 6.46. The van der Waals surface area contributed by atoms with Crippen molar-refractivity contribution < 1.29 is 24.5 Å². The van der Waals surface area contributed by atoms with Crippen molar-refractivity contribution >= 4 is 17.4 Å². The summed E-state index contributed by atoms with van der Waals surface area (Å²) in [7, 11) is 0. The number of carbonyl (C=O) groups excluding carboxylic acids is 2. The molecule has 0 spiro atoms. The monoisotopic (exact) mass is 547 g/mol. The third-order valence-corrected chi connectivity index (χ3v) is 7.55. The van der Waals surface area contributed by atoms with E-state index in [1.165, 1.54) is 4.90 Å². The average molecular weight is 548 g/mol. The van der Waals surface area contributed by atoms with Crippen LogP contribution in [0.15, 0.2) is 109 Å². The quantitative estimate of drug-likeness (QED) is 0.159. The number of nitrogens with zero attached hydrogens (tertiary/aromatic N) is 1. The third kappa shape index (κ3) is 5.39. The summed E-state index contributed by atoms with van der Waals surface area (Å²) in [6, 6.07) is 29.9. The summed E-state index contributed by atoms with van der Waals surface area (Å²) in [5.74, 6) is -1.24. The molecule has 208 valence electrons. The van der Waals surface area contributed by atoms with Crippen molar-refractivity contribution in [3.63, 3.8) is 0 Å². The van der Waals surface area contributed by atoms with Crippen LogP contribution in [0.3, 0.4) is 0 Å². The molecular weight excluding hydrogens is 514 g/mol. The van der Waals surface area contributed by atoms with Crippen molar-refractivity contribution in [1.82, 2.24) is 4.90 Å². The van der Waals surface area contributed by atoms with Gasteiger partial charge in [0.1, 0.15) is 17.1 Å². The lowest BCUT2D eigenvalue weighted by Gasteiger charge is -2.36. The maximum Gasteiger partial charge on any atom is 0.295 e. The van der Waals surface area contributed by atoms with Crippen LogP contribution in [0.4, 0.5) is 0 Å². The molecule has 1 aliphatic heterocycles. The highest BCUT2D eigenvalue weighted by Gasteiger charge is 2.49. The number of ether oxygens (including phenoxy) is 1. The Bertz CT molecular complexity index is 1530. The van der Waals surface area contributed by atoms with Crippen LogP contribution in [0.5, 0.6) is 5.75 Å². The number of carbonyl (C=O) groups is 2. The van der Waals surface area contributed by atoms with Crippen LogP contribution in [-0.2, 0) is 15.2 Å². The Morgan fingerprint density at radius 2 is 1.34 bits per heavy atom. The molecule has 1 fully saturated rings. The minimum absolute atomic E-state index is 0.0273. The number of aliphatic hydroxyl groups is 2. The second kappa shape index (κ2) is 11.4. The van der Waals surface area contributed by atoms with Crippen LogP contribution < -0.4 is 4.74 Å². The molecule has 6 heteroatoms. The lowest BCUT2D eigenvalue weighted by Crippen LogP contribution is -2.44. The summed E-state index contributed by atoms with van der Waals surface area (Å²) in [4.78, 5) is 28.7. The van der Waals surface area contributed by atoms with Gasteiger partial charge in [-0.25, -0.2) is 0 Å². The SMILES string of the molecule is CCOc1ccc(C(O)=C2C(=O)C(=O)N(CC(O)(c3ccc(C)cc3)c3ccc(C)cc3)[C@H]2c2ccccc2)cc1. The molecule has 1 amide bonds. The van der Waals surface area contributed by atoms with Crippen molar-refractivity contribution in [3.8, 4) is 5.75 Å². The number of amides is 1. The number of Topliss-reactive ketones (excluding diaryl/α,β-unsaturated/α-hetero) is 1. The molecule has 1 saturated heterocycles. The lowest BCUT2D eigenvalue weighted by molar-refractivity contribution is -0.141. The number of aliphatic hydroxyl groups excluding tert-OH is 1. The predicted octanol–water partition coefficient (Wildman–Crippen LogP) is 6.06. The van der Waals surface area contributed by atoms with Gasteiger partial charge in [-0.3, -0.25) is 9.59 Å². The van der Waals surface area contributed by atoms with Gasteiger partial charge in [0.05, 0.1) is 24.8 Å². The zero-order valence-electron chi connectivity index (χ0n) is 23.4. The number of likely N-dealkylation sites (tertiary alicyclic amines) is 1. The van der Waals surface area contributed by atoms with Gasteiger partial charge in [0.25, 0.3) is 11.7 Å². The zero-order chi connectivity index (χ0) is 29.1. The molecular formula is C35H33NO5. The van der Waals surface area contributed by atoms with E-state index in [0.717, 1.165) is 11.1 Å². The fourth-order valence-corrected chi connectivity index (χ4v) is 5.31. The van der Waals surface area contributed by atoms with E-state index in [9.17, 15) is 19.8 Å². The molecule has 1 atom stereocenters. The van der Waals surface area contributed by atoms with E-state index < -0.39 is 23.3 Å². The Balaban J connectivity index is 1.65. The summed E-state index contributed by atoms with van der Waals surface area (Å²) in [5.41, 5.74) is 2.61. The van der Waals surface area contributed by atoms with Crippen LogP contribution >= 0.6 is 0 Å². The minimum Gasteiger partial charge on any atom is -0.507 e. The van der Waals surface area contributed by atoms with E-state index in [1.54, 1.807) is 24.3 Å². The van der Waals surface area contributed by atoms with Crippen LogP contribution in [0.25, 0.3) is 5.76 Å². The minimum atomic E-state index is -1.63. The van der Waals surface area contributed by atoms with Gasteiger partial charge in [0, 0.05) is 5.56 Å². The molecule has 2 N–H and O–H groups in total. The highest BCUT2D eigenvalue weighted by atomic mass is 16.5. The predicted molar refractivity (Wildman–Crippen MR) is 158 cm³/mol. The van der Waals surface area contributed by atoms with Crippen LogP contribution in [-0.4, -0.2) is 40.0 Å². The Labute approximate surface area is 240 Å². The summed E-state index contributed by atoms with van der Waals surface area (Å²) in [6.45, 7) is 6.09. The molecule has 6 nitrogen and oxygen atoms in total. The Morgan fingerprint density at radius 1 is 0.805 bits per heavy atom. The molecule has 4 aromatic carbocycles. The van der Waals surface area contributed by atoms with Gasteiger partial charge in [-0.15, -0.1) is 0 Å². The molecule has 4 aromatic rings. The van der Waals surface area contributed by atoms with Crippen LogP contribution in [0, 0.1) is 13.8 Å². The van der Waals surface area contributed by atoms with Gasteiger partial charge in [-0.05, 0) is 61.7 Å². The summed E-state index contributed by atoms with van der Waals surface area (Å²) in [6.07, 6.45) is 0. The van der Waals surface area contributed by atoms with Crippen molar-refractivity contribution in [3.05, 3.63) is 142 Å². The van der Waals surface area contributed by atoms with Gasteiger partial charge in [-0.1, -0.05) is 90.0 Å². The molecule has 41 heavy (non-hydrogen) atoms. The Morgan fingerprint density at radius 3 is 1.85 bits per heavy atom.